The summed E-state index contributed by atoms with van der Waals surface area (Å²) in [5.74, 6) is 0.809. The van der Waals surface area contributed by atoms with Crippen LogP contribution in [0.15, 0.2) is 21.6 Å². The molecule has 2 rings (SSSR count). The Kier molecular flexibility index (Phi) is 4.09. The first-order chi connectivity index (χ1) is 8.51. The minimum Gasteiger partial charge on any atom is -0.446 e. The van der Waals surface area contributed by atoms with Crippen molar-refractivity contribution in [3.63, 3.8) is 0 Å². The largest absolute Gasteiger partial charge is 0.446 e. The van der Waals surface area contributed by atoms with Gasteiger partial charge >= 0.3 is 0 Å². The molecule has 18 heavy (non-hydrogen) atoms. The first kappa shape index (κ1) is 13.6. The summed E-state index contributed by atoms with van der Waals surface area (Å²) in [6.07, 6.45) is 3.95. The average Bonchev–Trinajstić information content (AvgIpc) is 2.77. The molecule has 0 amide bonds. The maximum atomic E-state index is 12.0. The van der Waals surface area contributed by atoms with Gasteiger partial charge in [0.25, 0.3) is 10.0 Å². The number of hydrogen-bond acceptors (Lipinski definition) is 4. The molecule has 2 N–H and O–H groups in total. The number of nitrogens with one attached hydrogen (secondary N) is 1. The zero-order valence-electron chi connectivity index (χ0n) is 10.4. The van der Waals surface area contributed by atoms with Gasteiger partial charge < -0.3 is 9.52 Å². The van der Waals surface area contributed by atoms with Gasteiger partial charge in [-0.2, -0.15) is 0 Å². The Bertz CT molecular complexity index is 494. The fourth-order valence-electron chi connectivity index (χ4n) is 2.41. The Morgan fingerprint density at radius 3 is 2.83 bits per heavy atom. The zero-order valence-corrected chi connectivity index (χ0v) is 11.2. The van der Waals surface area contributed by atoms with Crippen LogP contribution in [0, 0.1) is 5.92 Å². The smallest absolute Gasteiger partial charge is 0.274 e. The molecule has 0 aliphatic heterocycles. The summed E-state index contributed by atoms with van der Waals surface area (Å²) in [5.41, 5.74) is 0. The van der Waals surface area contributed by atoms with Crippen molar-refractivity contribution in [1.29, 1.82) is 0 Å². The number of furan rings is 1. The van der Waals surface area contributed by atoms with E-state index in [1.54, 1.807) is 0 Å². The van der Waals surface area contributed by atoms with E-state index in [-0.39, 0.29) is 23.5 Å². The Labute approximate surface area is 107 Å². The lowest BCUT2D eigenvalue weighted by Gasteiger charge is -2.26. The summed E-state index contributed by atoms with van der Waals surface area (Å²) in [7, 11) is -3.60. The molecule has 1 fully saturated rings. The van der Waals surface area contributed by atoms with Crippen molar-refractivity contribution in [1.82, 2.24) is 4.72 Å². The molecule has 1 saturated carbocycles. The maximum absolute atomic E-state index is 12.0. The molecule has 6 heteroatoms. The Hall–Kier alpha value is -0.850. The van der Waals surface area contributed by atoms with Gasteiger partial charge in [-0.25, -0.2) is 13.1 Å². The number of hydrogen-bond donors (Lipinski definition) is 2. The van der Waals surface area contributed by atoms with Crippen LogP contribution in [0.1, 0.15) is 38.4 Å². The van der Waals surface area contributed by atoms with E-state index in [0.29, 0.717) is 5.92 Å². The highest BCUT2D eigenvalue weighted by atomic mass is 32.2. The third-order valence-corrected chi connectivity index (χ3v) is 4.71. The van der Waals surface area contributed by atoms with E-state index in [1.807, 2.05) is 0 Å². The van der Waals surface area contributed by atoms with Gasteiger partial charge in [-0.3, -0.25) is 0 Å². The molecule has 1 aromatic rings. The van der Waals surface area contributed by atoms with E-state index in [0.717, 1.165) is 25.7 Å². The molecular weight excluding hydrogens is 254 g/mol. The minimum atomic E-state index is -3.60. The lowest BCUT2D eigenvalue weighted by molar-refractivity contribution is 0.236. The molecule has 102 valence electrons. The molecule has 2 atom stereocenters. The fraction of sp³-hybridized carbons (Fsp3) is 0.667. The molecule has 0 bridgehead atoms. The maximum Gasteiger partial charge on any atom is 0.274 e. The van der Waals surface area contributed by atoms with Crippen molar-refractivity contribution < 1.29 is 17.9 Å². The molecule has 1 heterocycles. The molecule has 1 aromatic heterocycles. The predicted octanol–water partition coefficient (Wildman–Crippen LogP) is 1.63. The van der Waals surface area contributed by atoms with E-state index >= 15 is 0 Å². The Morgan fingerprint density at radius 1 is 1.44 bits per heavy atom. The second-order valence-corrected chi connectivity index (χ2v) is 6.61. The zero-order chi connectivity index (χ0) is 13.2. The van der Waals surface area contributed by atoms with E-state index in [2.05, 4.69) is 11.6 Å². The van der Waals surface area contributed by atoms with Crippen LogP contribution < -0.4 is 4.72 Å². The molecule has 0 aromatic carbocycles. The van der Waals surface area contributed by atoms with E-state index < -0.39 is 10.0 Å². The molecule has 0 saturated heterocycles. The SMILES string of the molecule is CC1CCCC(NS(=O)(=O)c2ccc(CO)o2)C1. The van der Waals surface area contributed by atoms with Gasteiger partial charge in [0.05, 0.1) is 0 Å². The molecule has 1 aliphatic rings. The van der Waals surface area contributed by atoms with Gasteiger partial charge in [0.1, 0.15) is 12.4 Å². The lowest BCUT2D eigenvalue weighted by atomic mass is 9.88. The van der Waals surface area contributed by atoms with Crippen LogP contribution in [-0.4, -0.2) is 19.6 Å². The van der Waals surface area contributed by atoms with Crippen molar-refractivity contribution in [2.24, 2.45) is 5.92 Å². The third-order valence-electron chi connectivity index (χ3n) is 3.32. The van der Waals surface area contributed by atoms with Crippen LogP contribution in [-0.2, 0) is 16.6 Å². The van der Waals surface area contributed by atoms with E-state index in [1.165, 1.54) is 12.1 Å². The van der Waals surface area contributed by atoms with Gasteiger partial charge in [-0.05, 0) is 30.9 Å². The Balaban J connectivity index is 2.06. The van der Waals surface area contributed by atoms with Crippen LogP contribution in [0.25, 0.3) is 0 Å². The lowest BCUT2D eigenvalue weighted by Crippen LogP contribution is -2.37. The second-order valence-electron chi connectivity index (χ2n) is 4.97. The molecule has 2 unspecified atom stereocenters. The predicted molar refractivity (Wildman–Crippen MR) is 66.4 cm³/mol. The van der Waals surface area contributed by atoms with Crippen LogP contribution >= 0.6 is 0 Å². The normalized spacial score (nSPS) is 25.2. The number of sulfonamides is 1. The van der Waals surface area contributed by atoms with E-state index in [9.17, 15) is 8.42 Å². The summed E-state index contributed by atoms with van der Waals surface area (Å²) in [6, 6.07) is 2.83. The number of rotatable bonds is 4. The summed E-state index contributed by atoms with van der Waals surface area (Å²) < 4.78 is 31.8. The van der Waals surface area contributed by atoms with Crippen LogP contribution in [0.5, 0.6) is 0 Å². The highest BCUT2D eigenvalue weighted by Crippen LogP contribution is 2.25. The Morgan fingerprint density at radius 2 is 2.22 bits per heavy atom. The molecule has 0 radical (unpaired) electrons. The topological polar surface area (TPSA) is 79.5 Å². The van der Waals surface area contributed by atoms with Crippen molar-refractivity contribution in [3.8, 4) is 0 Å². The first-order valence-electron chi connectivity index (χ1n) is 6.23. The van der Waals surface area contributed by atoms with Crippen LogP contribution in [0.3, 0.4) is 0 Å². The number of aliphatic hydroxyl groups excluding tert-OH is 1. The van der Waals surface area contributed by atoms with Crippen molar-refractivity contribution in [2.75, 3.05) is 0 Å². The molecular formula is C12H19NO4S. The standard InChI is InChI=1S/C12H19NO4S/c1-9-3-2-4-10(7-9)13-18(15,16)12-6-5-11(8-14)17-12/h5-6,9-10,13-14H,2-4,7-8H2,1H3. The molecule has 0 spiro atoms. The summed E-state index contributed by atoms with van der Waals surface area (Å²) in [6.45, 7) is 1.84. The third kappa shape index (κ3) is 3.13. The summed E-state index contributed by atoms with van der Waals surface area (Å²) in [5, 5.41) is 8.74. The molecule has 1 aliphatic carbocycles. The monoisotopic (exact) mass is 273 g/mol. The summed E-state index contributed by atoms with van der Waals surface area (Å²) in [4.78, 5) is 0. The van der Waals surface area contributed by atoms with Crippen molar-refractivity contribution >= 4 is 10.0 Å². The van der Waals surface area contributed by atoms with Gasteiger partial charge in [0.2, 0.25) is 5.09 Å². The van der Waals surface area contributed by atoms with Crippen molar-refractivity contribution in [3.05, 3.63) is 17.9 Å². The van der Waals surface area contributed by atoms with Crippen LogP contribution in [0.4, 0.5) is 0 Å². The van der Waals surface area contributed by atoms with Crippen LogP contribution in [0.2, 0.25) is 0 Å². The van der Waals surface area contributed by atoms with Gasteiger partial charge in [-0.15, -0.1) is 0 Å². The second kappa shape index (κ2) is 5.42. The summed E-state index contributed by atoms with van der Waals surface area (Å²) >= 11 is 0. The van der Waals surface area contributed by atoms with E-state index in [4.69, 9.17) is 9.52 Å². The highest BCUT2D eigenvalue weighted by Gasteiger charge is 2.26. The van der Waals surface area contributed by atoms with Crippen molar-refractivity contribution in [2.45, 2.75) is 50.3 Å². The van der Waals surface area contributed by atoms with Gasteiger partial charge in [-0.1, -0.05) is 19.8 Å². The van der Waals surface area contributed by atoms with Gasteiger partial charge in [0.15, 0.2) is 0 Å². The minimum absolute atomic E-state index is 0.0126. The average molecular weight is 273 g/mol. The highest BCUT2D eigenvalue weighted by molar-refractivity contribution is 7.89. The fourth-order valence-corrected chi connectivity index (χ4v) is 3.64. The molecule has 5 nitrogen and oxygen atoms in total. The van der Waals surface area contributed by atoms with Gasteiger partial charge in [0, 0.05) is 6.04 Å². The quantitative estimate of drug-likeness (QED) is 0.873. The first-order valence-corrected chi connectivity index (χ1v) is 7.71. The number of aliphatic hydroxyl groups is 1.